The monoisotopic (exact) mass is 324 g/mol. The summed E-state index contributed by atoms with van der Waals surface area (Å²) in [6.07, 6.45) is -4.45. The Kier molecular flexibility index (Phi) is 4.78. The van der Waals surface area contributed by atoms with Gasteiger partial charge in [-0.15, -0.1) is 0 Å². The van der Waals surface area contributed by atoms with Crippen molar-refractivity contribution in [2.75, 3.05) is 17.7 Å². The third kappa shape index (κ3) is 4.15. The van der Waals surface area contributed by atoms with Gasteiger partial charge < -0.3 is 15.8 Å². The van der Waals surface area contributed by atoms with E-state index in [0.717, 1.165) is 12.1 Å². The standard InChI is InChI=1S/C16H15F3N2O2/c1-2-23-15(22)10-4-3-5-12(8-10)21-14-7-6-11(9-13(14)20)16(17,18)19/h3-9,21H,2,20H2,1H3. The Balaban J connectivity index is 2.23. The lowest BCUT2D eigenvalue weighted by Gasteiger charge is -2.13. The summed E-state index contributed by atoms with van der Waals surface area (Å²) >= 11 is 0. The molecular weight excluding hydrogens is 309 g/mol. The molecule has 0 aliphatic rings. The summed E-state index contributed by atoms with van der Waals surface area (Å²) in [7, 11) is 0. The Hall–Kier alpha value is -2.70. The highest BCUT2D eigenvalue weighted by molar-refractivity contribution is 5.91. The molecule has 23 heavy (non-hydrogen) atoms. The Morgan fingerprint density at radius 2 is 1.96 bits per heavy atom. The van der Waals surface area contributed by atoms with Crippen LogP contribution in [0.25, 0.3) is 0 Å². The number of nitrogen functional groups attached to an aromatic ring is 1. The molecule has 2 rings (SSSR count). The molecule has 0 unspecified atom stereocenters. The van der Waals surface area contributed by atoms with Crippen LogP contribution >= 0.6 is 0 Å². The molecule has 7 heteroatoms. The fourth-order valence-electron chi connectivity index (χ4n) is 1.95. The molecule has 0 aromatic heterocycles. The van der Waals surface area contributed by atoms with E-state index in [1.165, 1.54) is 12.1 Å². The predicted octanol–water partition coefficient (Wildman–Crippen LogP) is 4.21. The first-order valence-electron chi connectivity index (χ1n) is 6.82. The van der Waals surface area contributed by atoms with Gasteiger partial charge in [-0.25, -0.2) is 4.79 Å². The summed E-state index contributed by atoms with van der Waals surface area (Å²) in [5, 5.41) is 2.89. The van der Waals surface area contributed by atoms with E-state index in [1.807, 2.05) is 0 Å². The largest absolute Gasteiger partial charge is 0.462 e. The zero-order valence-corrected chi connectivity index (χ0v) is 12.3. The number of hydrogen-bond acceptors (Lipinski definition) is 4. The van der Waals surface area contributed by atoms with E-state index in [0.29, 0.717) is 16.9 Å². The maximum absolute atomic E-state index is 12.6. The highest BCUT2D eigenvalue weighted by atomic mass is 19.4. The first-order valence-corrected chi connectivity index (χ1v) is 6.82. The zero-order chi connectivity index (χ0) is 17.0. The van der Waals surface area contributed by atoms with Crippen LogP contribution < -0.4 is 11.1 Å². The van der Waals surface area contributed by atoms with Crippen LogP contribution in [-0.4, -0.2) is 12.6 Å². The Morgan fingerprint density at radius 3 is 2.57 bits per heavy atom. The van der Waals surface area contributed by atoms with Gasteiger partial charge in [0.05, 0.1) is 29.1 Å². The van der Waals surface area contributed by atoms with Crippen molar-refractivity contribution in [3.8, 4) is 0 Å². The topological polar surface area (TPSA) is 64.3 Å². The number of esters is 1. The molecule has 0 heterocycles. The van der Waals surface area contributed by atoms with Gasteiger partial charge >= 0.3 is 12.1 Å². The third-order valence-electron chi connectivity index (χ3n) is 3.03. The Labute approximate surface area is 131 Å². The van der Waals surface area contributed by atoms with Gasteiger partial charge in [-0.1, -0.05) is 6.07 Å². The number of ether oxygens (including phenoxy) is 1. The molecule has 0 spiro atoms. The molecule has 0 saturated carbocycles. The summed E-state index contributed by atoms with van der Waals surface area (Å²) in [6.45, 7) is 1.95. The lowest BCUT2D eigenvalue weighted by atomic mass is 10.1. The number of alkyl halides is 3. The van der Waals surface area contributed by atoms with Crippen LogP contribution in [0, 0.1) is 0 Å². The summed E-state index contributed by atoms with van der Waals surface area (Å²) in [4.78, 5) is 11.7. The van der Waals surface area contributed by atoms with Crippen molar-refractivity contribution < 1.29 is 22.7 Å². The lowest BCUT2D eigenvalue weighted by molar-refractivity contribution is -0.137. The van der Waals surface area contributed by atoms with Gasteiger partial charge in [-0.05, 0) is 43.3 Å². The second kappa shape index (κ2) is 6.60. The summed E-state index contributed by atoms with van der Waals surface area (Å²) in [5.74, 6) is -0.475. The second-order valence-corrected chi connectivity index (χ2v) is 4.73. The maximum atomic E-state index is 12.6. The third-order valence-corrected chi connectivity index (χ3v) is 3.03. The smallest absolute Gasteiger partial charge is 0.416 e. The van der Waals surface area contributed by atoms with Gasteiger partial charge in [0.25, 0.3) is 0 Å². The predicted molar refractivity (Wildman–Crippen MR) is 81.5 cm³/mol. The van der Waals surface area contributed by atoms with Crippen LogP contribution in [0.15, 0.2) is 42.5 Å². The lowest BCUT2D eigenvalue weighted by Crippen LogP contribution is -2.07. The maximum Gasteiger partial charge on any atom is 0.416 e. The number of carbonyl (C=O) groups is 1. The van der Waals surface area contributed by atoms with Crippen molar-refractivity contribution in [1.82, 2.24) is 0 Å². The highest BCUT2D eigenvalue weighted by Gasteiger charge is 2.30. The normalized spacial score (nSPS) is 11.1. The molecule has 4 nitrogen and oxygen atoms in total. The quantitative estimate of drug-likeness (QED) is 0.653. The molecule has 0 aliphatic carbocycles. The minimum absolute atomic E-state index is 0.0404. The summed E-state index contributed by atoms with van der Waals surface area (Å²) in [5.41, 5.74) is 5.97. The first kappa shape index (κ1) is 16.7. The van der Waals surface area contributed by atoms with Gasteiger partial charge in [0.2, 0.25) is 0 Å². The fourth-order valence-corrected chi connectivity index (χ4v) is 1.95. The van der Waals surface area contributed by atoms with E-state index in [9.17, 15) is 18.0 Å². The van der Waals surface area contributed by atoms with Crippen LogP contribution in [-0.2, 0) is 10.9 Å². The summed E-state index contributed by atoms with van der Waals surface area (Å²) in [6, 6.07) is 9.46. The number of rotatable bonds is 4. The van der Waals surface area contributed by atoms with E-state index in [4.69, 9.17) is 10.5 Å². The molecule has 0 bridgehead atoms. The van der Waals surface area contributed by atoms with Crippen molar-refractivity contribution in [3.05, 3.63) is 53.6 Å². The summed E-state index contributed by atoms with van der Waals surface area (Å²) < 4.78 is 42.7. The van der Waals surface area contributed by atoms with E-state index in [-0.39, 0.29) is 12.3 Å². The van der Waals surface area contributed by atoms with Crippen LogP contribution in [0.3, 0.4) is 0 Å². The van der Waals surface area contributed by atoms with E-state index >= 15 is 0 Å². The number of nitrogens with two attached hydrogens (primary N) is 1. The molecule has 2 aromatic carbocycles. The number of anilines is 3. The molecule has 0 saturated heterocycles. The molecule has 2 aromatic rings. The average molecular weight is 324 g/mol. The highest BCUT2D eigenvalue weighted by Crippen LogP contribution is 2.33. The van der Waals surface area contributed by atoms with Crippen molar-refractivity contribution in [2.45, 2.75) is 13.1 Å². The Bertz CT molecular complexity index is 715. The van der Waals surface area contributed by atoms with E-state index in [2.05, 4.69) is 5.32 Å². The van der Waals surface area contributed by atoms with Crippen molar-refractivity contribution in [2.24, 2.45) is 0 Å². The SMILES string of the molecule is CCOC(=O)c1cccc(Nc2ccc(C(F)(F)F)cc2N)c1. The molecule has 3 N–H and O–H groups in total. The zero-order valence-electron chi connectivity index (χ0n) is 12.3. The van der Waals surface area contributed by atoms with Crippen molar-refractivity contribution in [1.29, 1.82) is 0 Å². The van der Waals surface area contributed by atoms with Crippen LogP contribution in [0.5, 0.6) is 0 Å². The van der Waals surface area contributed by atoms with Gasteiger partial charge in [0.15, 0.2) is 0 Å². The molecule has 0 fully saturated rings. The molecule has 0 radical (unpaired) electrons. The molecule has 0 aliphatic heterocycles. The van der Waals surface area contributed by atoms with Crippen LogP contribution in [0.1, 0.15) is 22.8 Å². The first-order chi connectivity index (χ1) is 10.8. The molecule has 122 valence electrons. The number of benzene rings is 2. The minimum atomic E-state index is -4.45. The van der Waals surface area contributed by atoms with Gasteiger partial charge in [-0.2, -0.15) is 13.2 Å². The number of carbonyl (C=O) groups excluding carboxylic acids is 1. The van der Waals surface area contributed by atoms with Crippen molar-refractivity contribution in [3.63, 3.8) is 0 Å². The average Bonchev–Trinajstić information content (AvgIpc) is 2.49. The second-order valence-electron chi connectivity index (χ2n) is 4.73. The van der Waals surface area contributed by atoms with Gasteiger partial charge in [0.1, 0.15) is 0 Å². The van der Waals surface area contributed by atoms with Gasteiger partial charge in [-0.3, -0.25) is 0 Å². The Morgan fingerprint density at radius 1 is 1.22 bits per heavy atom. The van der Waals surface area contributed by atoms with Gasteiger partial charge in [0, 0.05) is 5.69 Å². The number of nitrogens with one attached hydrogen (secondary N) is 1. The molecular formula is C16H15F3N2O2. The van der Waals surface area contributed by atoms with Crippen LogP contribution in [0.2, 0.25) is 0 Å². The number of halogens is 3. The van der Waals surface area contributed by atoms with Crippen LogP contribution in [0.4, 0.5) is 30.2 Å². The minimum Gasteiger partial charge on any atom is -0.462 e. The van der Waals surface area contributed by atoms with E-state index < -0.39 is 17.7 Å². The van der Waals surface area contributed by atoms with Crippen molar-refractivity contribution >= 4 is 23.0 Å². The van der Waals surface area contributed by atoms with E-state index in [1.54, 1.807) is 25.1 Å². The number of hydrogen-bond donors (Lipinski definition) is 2. The fraction of sp³-hybridized carbons (Fsp3) is 0.188. The molecule has 0 atom stereocenters. The molecule has 0 amide bonds.